The van der Waals surface area contributed by atoms with Crippen LogP contribution < -0.4 is 0 Å². The molecule has 0 spiro atoms. The van der Waals surface area contributed by atoms with Crippen molar-refractivity contribution in [2.24, 2.45) is 11.3 Å². The molecule has 0 aromatic heterocycles. The van der Waals surface area contributed by atoms with Gasteiger partial charge in [0.25, 0.3) is 0 Å². The summed E-state index contributed by atoms with van der Waals surface area (Å²) in [5.41, 5.74) is 0.442. The molecular weight excluding hydrogens is 306 g/mol. The van der Waals surface area contributed by atoms with Crippen LogP contribution in [-0.2, 0) is 14.3 Å². The van der Waals surface area contributed by atoms with Crippen LogP contribution in [-0.4, -0.2) is 41.9 Å². The van der Waals surface area contributed by atoms with Gasteiger partial charge in [-0.2, -0.15) is 0 Å². The highest BCUT2D eigenvalue weighted by Crippen LogP contribution is 2.44. The molecule has 1 amide bonds. The highest BCUT2D eigenvalue weighted by atomic mass is 32.2. The minimum Gasteiger partial charge on any atom is -0.469 e. The molecule has 2 rings (SSSR count). The van der Waals surface area contributed by atoms with E-state index < -0.39 is 5.41 Å². The number of thioether (sulfide) groups is 2. The molecule has 6 heteroatoms. The summed E-state index contributed by atoms with van der Waals surface area (Å²) in [5.74, 6) is 1.67. The van der Waals surface area contributed by atoms with Gasteiger partial charge in [-0.15, -0.1) is 23.5 Å². The Kier molecular flexibility index (Phi) is 5.30. The number of hydrogen-bond donors (Lipinski definition) is 0. The van der Waals surface area contributed by atoms with Crippen molar-refractivity contribution in [1.29, 1.82) is 0 Å². The van der Waals surface area contributed by atoms with Gasteiger partial charge in [0.05, 0.1) is 17.0 Å². The SMILES string of the molecule is COC(=O)C1CCN(C(=O)C(C)(C)C)C1=C1SCCCS1. The van der Waals surface area contributed by atoms with E-state index in [1.165, 1.54) is 13.5 Å². The molecule has 118 valence electrons. The Morgan fingerprint density at radius 1 is 1.24 bits per heavy atom. The number of hydrogen-bond acceptors (Lipinski definition) is 5. The molecule has 0 aromatic carbocycles. The average Bonchev–Trinajstić information content (AvgIpc) is 2.90. The minimum absolute atomic E-state index is 0.0863. The highest BCUT2D eigenvalue weighted by Gasteiger charge is 2.42. The largest absolute Gasteiger partial charge is 0.469 e. The van der Waals surface area contributed by atoms with Crippen molar-refractivity contribution >= 4 is 35.4 Å². The van der Waals surface area contributed by atoms with Crippen molar-refractivity contribution in [2.75, 3.05) is 25.2 Å². The molecule has 2 aliphatic heterocycles. The van der Waals surface area contributed by atoms with Crippen LogP contribution in [0.15, 0.2) is 9.93 Å². The molecule has 2 heterocycles. The van der Waals surface area contributed by atoms with E-state index in [4.69, 9.17) is 4.74 Å². The first-order valence-corrected chi connectivity index (χ1v) is 9.23. The summed E-state index contributed by atoms with van der Waals surface area (Å²) in [6.07, 6.45) is 1.83. The lowest BCUT2D eigenvalue weighted by molar-refractivity contribution is -0.144. The van der Waals surface area contributed by atoms with Crippen LogP contribution in [0.25, 0.3) is 0 Å². The van der Waals surface area contributed by atoms with Crippen molar-refractivity contribution in [1.82, 2.24) is 4.90 Å². The first-order valence-electron chi connectivity index (χ1n) is 7.26. The molecule has 0 aromatic rings. The zero-order valence-electron chi connectivity index (χ0n) is 13.1. The van der Waals surface area contributed by atoms with E-state index in [0.29, 0.717) is 13.0 Å². The molecule has 0 bridgehead atoms. The third-order valence-corrected chi connectivity index (χ3v) is 6.23. The van der Waals surface area contributed by atoms with Gasteiger partial charge in [0, 0.05) is 12.0 Å². The number of amides is 1. The molecular formula is C15H23NO3S2. The molecule has 2 saturated heterocycles. The Morgan fingerprint density at radius 2 is 1.86 bits per heavy atom. The van der Waals surface area contributed by atoms with Crippen molar-refractivity contribution in [3.63, 3.8) is 0 Å². The second-order valence-corrected chi connectivity index (χ2v) is 8.76. The van der Waals surface area contributed by atoms with Crippen molar-refractivity contribution in [3.8, 4) is 0 Å². The van der Waals surface area contributed by atoms with E-state index >= 15 is 0 Å². The molecule has 4 nitrogen and oxygen atoms in total. The predicted molar refractivity (Wildman–Crippen MR) is 87.9 cm³/mol. The molecule has 0 aliphatic carbocycles. The monoisotopic (exact) mass is 329 g/mol. The molecule has 1 unspecified atom stereocenters. The van der Waals surface area contributed by atoms with Gasteiger partial charge in [0.2, 0.25) is 5.91 Å². The maximum Gasteiger partial charge on any atom is 0.314 e. The maximum atomic E-state index is 12.7. The van der Waals surface area contributed by atoms with E-state index in [1.807, 2.05) is 25.7 Å². The number of carbonyl (C=O) groups is 2. The number of methoxy groups -OCH3 is 1. The fourth-order valence-electron chi connectivity index (χ4n) is 2.52. The number of ether oxygens (including phenoxy) is 1. The third-order valence-electron chi connectivity index (χ3n) is 3.60. The van der Waals surface area contributed by atoms with Gasteiger partial charge in [-0.25, -0.2) is 0 Å². The molecule has 0 N–H and O–H groups in total. The molecule has 0 saturated carbocycles. The van der Waals surface area contributed by atoms with Crippen molar-refractivity contribution in [2.45, 2.75) is 33.6 Å². The summed E-state index contributed by atoms with van der Waals surface area (Å²) < 4.78 is 6.07. The Bertz CT molecular complexity index is 460. The fraction of sp³-hybridized carbons (Fsp3) is 0.733. The molecule has 2 fully saturated rings. The summed E-state index contributed by atoms with van der Waals surface area (Å²) >= 11 is 3.53. The Morgan fingerprint density at radius 3 is 2.38 bits per heavy atom. The summed E-state index contributed by atoms with van der Waals surface area (Å²) in [6.45, 7) is 6.37. The lowest BCUT2D eigenvalue weighted by Crippen LogP contribution is -2.37. The normalized spacial score (nSPS) is 23.4. The summed E-state index contributed by atoms with van der Waals surface area (Å²) in [5, 5.41) is 0. The van der Waals surface area contributed by atoms with Gasteiger partial charge in [-0.1, -0.05) is 20.8 Å². The van der Waals surface area contributed by atoms with E-state index in [9.17, 15) is 9.59 Å². The minimum atomic E-state index is -0.444. The Labute approximate surface area is 135 Å². The highest BCUT2D eigenvalue weighted by molar-refractivity contribution is 8.22. The van der Waals surface area contributed by atoms with Crippen LogP contribution >= 0.6 is 23.5 Å². The standard InChI is InChI=1S/C15H23NO3S2/c1-15(2,3)14(18)16-7-6-10(12(17)19-4)11(16)13-20-8-5-9-21-13/h10H,5-9H2,1-4H3. The van der Waals surface area contributed by atoms with Crippen LogP contribution in [0.4, 0.5) is 0 Å². The van der Waals surface area contributed by atoms with Crippen LogP contribution in [0.5, 0.6) is 0 Å². The number of likely N-dealkylation sites (tertiary alicyclic amines) is 1. The van der Waals surface area contributed by atoms with Gasteiger partial charge in [0.15, 0.2) is 0 Å². The first kappa shape index (κ1) is 16.7. The summed E-state index contributed by atoms with van der Waals surface area (Å²) in [4.78, 5) is 26.6. The lowest BCUT2D eigenvalue weighted by Gasteiger charge is -2.30. The Hall–Kier alpha value is -0.620. The lowest BCUT2D eigenvalue weighted by atomic mass is 9.94. The molecule has 21 heavy (non-hydrogen) atoms. The zero-order chi connectivity index (χ0) is 15.6. The fourth-order valence-corrected chi connectivity index (χ4v) is 5.29. The zero-order valence-corrected chi connectivity index (χ0v) is 14.7. The second-order valence-electron chi connectivity index (χ2n) is 6.29. The van der Waals surface area contributed by atoms with E-state index in [0.717, 1.165) is 21.4 Å². The topological polar surface area (TPSA) is 46.6 Å². The van der Waals surface area contributed by atoms with Crippen LogP contribution in [0.1, 0.15) is 33.6 Å². The quantitative estimate of drug-likeness (QED) is 0.692. The number of carbonyl (C=O) groups excluding carboxylic acids is 2. The first-order chi connectivity index (χ1) is 9.86. The van der Waals surface area contributed by atoms with Crippen LogP contribution in [0, 0.1) is 11.3 Å². The Balaban J connectivity index is 2.37. The molecule has 2 aliphatic rings. The number of nitrogens with zero attached hydrogens (tertiary/aromatic N) is 1. The number of rotatable bonds is 1. The number of esters is 1. The van der Waals surface area contributed by atoms with E-state index in [-0.39, 0.29) is 17.8 Å². The van der Waals surface area contributed by atoms with Crippen LogP contribution in [0.2, 0.25) is 0 Å². The summed E-state index contributed by atoms with van der Waals surface area (Å²) in [6, 6.07) is 0. The van der Waals surface area contributed by atoms with Gasteiger partial charge < -0.3 is 9.64 Å². The molecule has 0 radical (unpaired) electrons. The maximum absolute atomic E-state index is 12.7. The van der Waals surface area contributed by atoms with E-state index in [2.05, 4.69) is 0 Å². The van der Waals surface area contributed by atoms with Gasteiger partial charge >= 0.3 is 5.97 Å². The molecule has 1 atom stereocenters. The van der Waals surface area contributed by atoms with Gasteiger partial charge in [-0.05, 0) is 24.3 Å². The van der Waals surface area contributed by atoms with E-state index in [1.54, 1.807) is 23.5 Å². The third kappa shape index (κ3) is 3.59. The van der Waals surface area contributed by atoms with Gasteiger partial charge in [0.1, 0.15) is 5.92 Å². The second kappa shape index (κ2) is 6.65. The van der Waals surface area contributed by atoms with Crippen molar-refractivity contribution in [3.05, 3.63) is 9.93 Å². The summed E-state index contributed by atoms with van der Waals surface area (Å²) in [7, 11) is 1.42. The smallest absolute Gasteiger partial charge is 0.314 e. The predicted octanol–water partition coefficient (Wildman–Crippen LogP) is 3.09. The van der Waals surface area contributed by atoms with Gasteiger partial charge in [-0.3, -0.25) is 9.59 Å². The van der Waals surface area contributed by atoms with Crippen LogP contribution in [0.3, 0.4) is 0 Å². The average molecular weight is 329 g/mol. The van der Waals surface area contributed by atoms with Crippen molar-refractivity contribution < 1.29 is 14.3 Å².